The van der Waals surface area contributed by atoms with E-state index >= 15 is 0 Å². The summed E-state index contributed by atoms with van der Waals surface area (Å²) in [6.45, 7) is 1.14. The molecule has 1 aliphatic heterocycles. The van der Waals surface area contributed by atoms with E-state index in [-0.39, 0.29) is 0 Å². The van der Waals surface area contributed by atoms with Gasteiger partial charge in [0, 0.05) is 19.5 Å². The highest BCUT2D eigenvalue weighted by molar-refractivity contribution is 7.13. The fourth-order valence-electron chi connectivity index (χ4n) is 1.75. The molecule has 1 atom stereocenters. The normalized spacial score (nSPS) is 22.3. The lowest BCUT2D eigenvalue weighted by molar-refractivity contribution is 0.406. The Balaban J connectivity index is 2.07. The number of aromatic nitrogens is 1. The summed E-state index contributed by atoms with van der Waals surface area (Å²) in [5, 5.41) is 6.80. The highest BCUT2D eigenvalue weighted by Crippen LogP contribution is 2.27. The number of nitrogens with zero attached hydrogens (tertiary/aromatic N) is 2. The molecule has 0 radical (unpaired) electrons. The van der Waals surface area contributed by atoms with E-state index < -0.39 is 0 Å². The lowest BCUT2D eigenvalue weighted by Gasteiger charge is -2.21. The van der Waals surface area contributed by atoms with Crippen LogP contribution in [0.3, 0.4) is 0 Å². The molecule has 1 N–H and O–H groups in total. The molecule has 0 aromatic carbocycles. The Kier molecular flexibility index (Phi) is 3.03. The minimum absolute atomic E-state index is 0.494. The van der Waals surface area contributed by atoms with Gasteiger partial charge < -0.3 is 10.2 Å². The van der Waals surface area contributed by atoms with Crippen LogP contribution < -0.4 is 10.2 Å². The van der Waals surface area contributed by atoms with Crippen LogP contribution in [0, 0.1) is 0 Å². The lowest BCUT2D eigenvalue weighted by Crippen LogP contribution is -2.27. The second-order valence-electron chi connectivity index (χ2n) is 3.95. The first-order valence-electron chi connectivity index (χ1n) is 5.13. The largest absolute Gasteiger partial charge is 0.354 e. The number of hydrogen-bond acceptors (Lipinski definition) is 4. The number of thiazole rings is 1. The summed E-state index contributed by atoms with van der Waals surface area (Å²) in [6.07, 6.45) is 3.87. The third-order valence-corrected chi connectivity index (χ3v) is 3.59. The van der Waals surface area contributed by atoms with E-state index in [9.17, 15) is 0 Å². The van der Waals surface area contributed by atoms with Crippen LogP contribution in [0.25, 0.3) is 0 Å². The van der Waals surface area contributed by atoms with Crippen molar-refractivity contribution in [3.8, 4) is 0 Å². The summed E-state index contributed by atoms with van der Waals surface area (Å²) >= 11 is 1.73. The summed E-state index contributed by atoms with van der Waals surface area (Å²) in [5.74, 6) is 0. The molecular formula is C10H17N3S. The molecular weight excluding hydrogens is 194 g/mol. The van der Waals surface area contributed by atoms with Crippen LogP contribution in [0.1, 0.15) is 31.0 Å². The summed E-state index contributed by atoms with van der Waals surface area (Å²) in [6, 6.07) is 0.494. The minimum atomic E-state index is 0.494. The van der Waals surface area contributed by atoms with E-state index in [2.05, 4.69) is 20.6 Å². The molecule has 0 amide bonds. The van der Waals surface area contributed by atoms with Gasteiger partial charge in [-0.1, -0.05) is 6.42 Å². The Morgan fingerprint density at radius 3 is 2.93 bits per heavy atom. The van der Waals surface area contributed by atoms with Crippen LogP contribution >= 0.6 is 11.3 Å². The molecule has 0 bridgehead atoms. The first kappa shape index (κ1) is 9.93. The van der Waals surface area contributed by atoms with Crippen molar-refractivity contribution in [1.82, 2.24) is 10.3 Å². The number of anilines is 1. The SMILES string of the molecule is CN(C)c1nc(C2CCCCN2)cs1. The number of nitrogens with one attached hydrogen (secondary N) is 1. The topological polar surface area (TPSA) is 28.2 Å². The molecule has 1 aromatic heterocycles. The fraction of sp³-hybridized carbons (Fsp3) is 0.700. The van der Waals surface area contributed by atoms with Gasteiger partial charge in [0.05, 0.1) is 11.7 Å². The summed E-state index contributed by atoms with van der Waals surface area (Å²) in [7, 11) is 4.08. The monoisotopic (exact) mass is 211 g/mol. The molecule has 0 aliphatic carbocycles. The smallest absolute Gasteiger partial charge is 0.185 e. The molecule has 1 fully saturated rings. The first-order valence-corrected chi connectivity index (χ1v) is 6.01. The van der Waals surface area contributed by atoms with Crippen LogP contribution in [0.2, 0.25) is 0 Å². The van der Waals surface area contributed by atoms with Crippen LogP contribution in [0.5, 0.6) is 0 Å². The third kappa shape index (κ3) is 2.07. The molecule has 1 saturated heterocycles. The standard InChI is InChI=1S/C10H17N3S/c1-13(2)10-12-9(7-14-10)8-5-3-4-6-11-8/h7-8,11H,3-6H2,1-2H3. The summed E-state index contributed by atoms with van der Waals surface area (Å²) in [4.78, 5) is 6.68. The van der Waals surface area contributed by atoms with E-state index in [4.69, 9.17) is 0 Å². The molecule has 2 rings (SSSR count). The Bertz CT molecular complexity index is 289. The molecule has 2 heterocycles. The van der Waals surface area contributed by atoms with Crippen molar-refractivity contribution in [2.45, 2.75) is 25.3 Å². The third-order valence-electron chi connectivity index (χ3n) is 2.56. The van der Waals surface area contributed by atoms with Gasteiger partial charge in [0.25, 0.3) is 0 Å². The zero-order valence-electron chi connectivity index (χ0n) is 8.79. The number of hydrogen-bond donors (Lipinski definition) is 1. The second-order valence-corrected chi connectivity index (χ2v) is 4.79. The van der Waals surface area contributed by atoms with E-state index in [1.165, 1.54) is 25.0 Å². The second kappa shape index (κ2) is 4.28. The Morgan fingerprint density at radius 1 is 1.50 bits per heavy atom. The molecule has 0 spiro atoms. The van der Waals surface area contributed by atoms with E-state index in [0.717, 1.165) is 11.7 Å². The Labute approximate surface area is 89.1 Å². The van der Waals surface area contributed by atoms with E-state index in [1.54, 1.807) is 11.3 Å². The predicted octanol–water partition coefficient (Wildman–Crippen LogP) is 2.02. The van der Waals surface area contributed by atoms with Crippen LogP contribution in [-0.2, 0) is 0 Å². The van der Waals surface area contributed by atoms with Gasteiger partial charge in [-0.15, -0.1) is 11.3 Å². The lowest BCUT2D eigenvalue weighted by atomic mass is 10.0. The zero-order valence-corrected chi connectivity index (χ0v) is 9.60. The summed E-state index contributed by atoms with van der Waals surface area (Å²) < 4.78 is 0. The zero-order chi connectivity index (χ0) is 9.97. The average Bonchev–Trinajstić information content (AvgIpc) is 2.68. The quantitative estimate of drug-likeness (QED) is 0.811. The van der Waals surface area contributed by atoms with Gasteiger partial charge in [-0.25, -0.2) is 4.98 Å². The van der Waals surface area contributed by atoms with Crippen molar-refractivity contribution in [1.29, 1.82) is 0 Å². The van der Waals surface area contributed by atoms with Gasteiger partial charge in [-0.2, -0.15) is 0 Å². The van der Waals surface area contributed by atoms with Crippen molar-refractivity contribution in [3.63, 3.8) is 0 Å². The van der Waals surface area contributed by atoms with E-state index in [1.807, 2.05) is 14.1 Å². The fourth-order valence-corrected chi connectivity index (χ4v) is 2.56. The maximum atomic E-state index is 4.62. The molecule has 1 aromatic rings. The predicted molar refractivity (Wildman–Crippen MR) is 61.0 cm³/mol. The average molecular weight is 211 g/mol. The highest BCUT2D eigenvalue weighted by Gasteiger charge is 2.17. The molecule has 14 heavy (non-hydrogen) atoms. The molecule has 0 saturated carbocycles. The first-order chi connectivity index (χ1) is 6.77. The number of piperidine rings is 1. The van der Waals surface area contributed by atoms with Gasteiger partial charge >= 0.3 is 0 Å². The van der Waals surface area contributed by atoms with Crippen molar-refractivity contribution >= 4 is 16.5 Å². The molecule has 3 nitrogen and oxygen atoms in total. The van der Waals surface area contributed by atoms with Gasteiger partial charge in [0.15, 0.2) is 5.13 Å². The Morgan fingerprint density at radius 2 is 2.36 bits per heavy atom. The van der Waals surface area contributed by atoms with Gasteiger partial charge in [-0.05, 0) is 19.4 Å². The van der Waals surface area contributed by atoms with Crippen molar-refractivity contribution < 1.29 is 0 Å². The van der Waals surface area contributed by atoms with E-state index in [0.29, 0.717) is 6.04 Å². The van der Waals surface area contributed by atoms with Crippen LogP contribution in [0.15, 0.2) is 5.38 Å². The minimum Gasteiger partial charge on any atom is -0.354 e. The maximum Gasteiger partial charge on any atom is 0.185 e. The molecule has 1 unspecified atom stereocenters. The molecule has 4 heteroatoms. The highest BCUT2D eigenvalue weighted by atomic mass is 32.1. The number of rotatable bonds is 2. The van der Waals surface area contributed by atoms with Crippen LogP contribution in [-0.4, -0.2) is 25.6 Å². The van der Waals surface area contributed by atoms with Crippen molar-refractivity contribution in [2.75, 3.05) is 25.5 Å². The van der Waals surface area contributed by atoms with Crippen LogP contribution in [0.4, 0.5) is 5.13 Å². The molecule has 78 valence electrons. The summed E-state index contributed by atoms with van der Waals surface area (Å²) in [5.41, 5.74) is 1.22. The van der Waals surface area contributed by atoms with Gasteiger partial charge in [0.2, 0.25) is 0 Å². The maximum absolute atomic E-state index is 4.62. The van der Waals surface area contributed by atoms with Crippen molar-refractivity contribution in [3.05, 3.63) is 11.1 Å². The van der Waals surface area contributed by atoms with Crippen molar-refractivity contribution in [2.24, 2.45) is 0 Å². The Hall–Kier alpha value is -0.610. The van der Waals surface area contributed by atoms with Gasteiger partial charge in [-0.3, -0.25) is 0 Å². The molecule has 1 aliphatic rings. The van der Waals surface area contributed by atoms with Gasteiger partial charge in [0.1, 0.15) is 0 Å².